The highest BCUT2D eigenvalue weighted by Gasteiger charge is 2.23. The molecule has 0 aliphatic carbocycles. The minimum atomic E-state index is 1.14. The summed E-state index contributed by atoms with van der Waals surface area (Å²) >= 11 is 0. The predicted molar refractivity (Wildman–Crippen MR) is 257 cm³/mol. The number of anilines is 6. The highest BCUT2D eigenvalue weighted by atomic mass is 15.2. The summed E-state index contributed by atoms with van der Waals surface area (Å²) in [4.78, 5) is 4.90. The van der Waals surface area contributed by atoms with Crippen LogP contribution in [0.5, 0.6) is 0 Å². The fourth-order valence-corrected chi connectivity index (χ4v) is 8.82. The molecule has 0 N–H and O–H groups in total. The van der Waals surface area contributed by atoms with Crippen LogP contribution in [0.15, 0.2) is 231 Å². The topological polar surface area (TPSA) is 6.48 Å². The molecule has 0 amide bonds. The maximum atomic E-state index is 2.45. The van der Waals surface area contributed by atoms with Crippen LogP contribution in [0, 0.1) is 13.8 Å². The molecule has 60 heavy (non-hydrogen) atoms. The van der Waals surface area contributed by atoms with Gasteiger partial charge < -0.3 is 9.80 Å². The van der Waals surface area contributed by atoms with E-state index in [1.54, 1.807) is 0 Å². The van der Waals surface area contributed by atoms with E-state index in [1.165, 1.54) is 66.1 Å². The van der Waals surface area contributed by atoms with Crippen molar-refractivity contribution in [3.8, 4) is 33.4 Å². The highest BCUT2D eigenvalue weighted by Crippen LogP contribution is 2.47. The number of hydrogen-bond donors (Lipinski definition) is 0. The normalized spacial score (nSPS) is 11.2. The quantitative estimate of drug-likeness (QED) is 0.144. The van der Waals surface area contributed by atoms with Crippen LogP contribution in [-0.2, 0) is 0 Å². The molecular weight excluding hydrogens is 725 g/mol. The fourth-order valence-electron chi connectivity index (χ4n) is 8.82. The molecule has 0 fully saturated rings. The molecule has 10 aromatic carbocycles. The Bertz CT molecular complexity index is 2910. The zero-order chi connectivity index (χ0) is 40.4. The first-order valence-electron chi connectivity index (χ1n) is 20.7. The van der Waals surface area contributed by atoms with Crippen molar-refractivity contribution in [2.75, 3.05) is 9.80 Å². The zero-order valence-electron chi connectivity index (χ0n) is 33.8. The lowest BCUT2D eigenvalue weighted by molar-refractivity contribution is 1.25. The molecule has 0 atom stereocenters. The maximum absolute atomic E-state index is 2.45. The number of aryl methyl sites for hydroxylation is 2. The van der Waals surface area contributed by atoms with Gasteiger partial charge in [-0.15, -0.1) is 0 Å². The van der Waals surface area contributed by atoms with Crippen LogP contribution in [0.3, 0.4) is 0 Å². The molecule has 2 heteroatoms. The largest absolute Gasteiger partial charge is 0.309 e. The van der Waals surface area contributed by atoms with Crippen LogP contribution < -0.4 is 9.80 Å². The van der Waals surface area contributed by atoms with Crippen molar-refractivity contribution in [1.82, 2.24) is 0 Å². The third-order valence-corrected chi connectivity index (χ3v) is 11.7. The van der Waals surface area contributed by atoms with Crippen LogP contribution >= 0.6 is 0 Å². The van der Waals surface area contributed by atoms with Gasteiger partial charge in [-0.05, 0) is 107 Å². The molecule has 286 valence electrons. The van der Waals surface area contributed by atoms with Crippen LogP contribution in [0.25, 0.3) is 54.9 Å². The van der Waals surface area contributed by atoms with Crippen molar-refractivity contribution in [2.45, 2.75) is 13.8 Å². The van der Waals surface area contributed by atoms with Gasteiger partial charge in [0.1, 0.15) is 0 Å². The van der Waals surface area contributed by atoms with Crippen LogP contribution in [0.2, 0.25) is 0 Å². The summed E-state index contributed by atoms with van der Waals surface area (Å²) in [5.41, 5.74) is 16.4. The SMILES string of the molecule is Cc1cc(-c2ccc(N(c3ccccc3-c3ccccc3)c3cccc4ccccc34)c(C)c2)ccc1N(c1ccccc1-c1ccccc1)c1cccc2ccccc12. The molecule has 10 aromatic rings. The van der Waals surface area contributed by atoms with Crippen molar-refractivity contribution in [3.63, 3.8) is 0 Å². The van der Waals surface area contributed by atoms with E-state index in [-0.39, 0.29) is 0 Å². The first-order valence-corrected chi connectivity index (χ1v) is 20.7. The van der Waals surface area contributed by atoms with Crippen LogP contribution in [0.1, 0.15) is 11.1 Å². The first kappa shape index (κ1) is 36.6. The van der Waals surface area contributed by atoms with Gasteiger partial charge in [0.2, 0.25) is 0 Å². The number of fused-ring (bicyclic) bond motifs is 2. The molecular formula is C58H44N2. The average Bonchev–Trinajstić information content (AvgIpc) is 3.31. The van der Waals surface area contributed by atoms with E-state index in [1.807, 2.05) is 0 Å². The van der Waals surface area contributed by atoms with Gasteiger partial charge in [-0.2, -0.15) is 0 Å². The Morgan fingerprint density at radius 1 is 0.250 bits per heavy atom. The number of rotatable bonds is 9. The smallest absolute Gasteiger partial charge is 0.0540 e. The second-order valence-corrected chi connectivity index (χ2v) is 15.4. The minimum Gasteiger partial charge on any atom is -0.309 e. The monoisotopic (exact) mass is 768 g/mol. The Hall–Kier alpha value is -7.68. The maximum Gasteiger partial charge on any atom is 0.0540 e. The average molecular weight is 769 g/mol. The van der Waals surface area contributed by atoms with Crippen molar-refractivity contribution in [2.24, 2.45) is 0 Å². The van der Waals surface area contributed by atoms with E-state index in [0.29, 0.717) is 0 Å². The molecule has 10 rings (SSSR count). The molecule has 0 saturated carbocycles. The molecule has 2 nitrogen and oxygen atoms in total. The molecule has 0 heterocycles. The first-order chi connectivity index (χ1) is 29.6. The van der Waals surface area contributed by atoms with Gasteiger partial charge in [0.15, 0.2) is 0 Å². The standard InChI is InChI=1S/C58H44N2/c1-41-39-47(35-37-53(41)59(57-33-17-25-45-23-9-11-27-51(45)57)55-31-15-13-29-49(55)43-19-5-3-6-20-43)48-36-38-54(42(2)40-48)60(58-34-18-26-46-24-10-12-28-52(46)58)56-32-16-14-30-50(56)44-21-7-4-8-22-44/h3-40H,1-2H3. The van der Waals surface area contributed by atoms with Crippen molar-refractivity contribution in [3.05, 3.63) is 242 Å². The summed E-state index contributed by atoms with van der Waals surface area (Å²) < 4.78 is 0. The number of nitrogens with zero attached hydrogens (tertiary/aromatic N) is 2. The van der Waals surface area contributed by atoms with E-state index in [2.05, 4.69) is 254 Å². The van der Waals surface area contributed by atoms with Crippen molar-refractivity contribution in [1.29, 1.82) is 0 Å². The molecule has 0 aromatic heterocycles. The lowest BCUT2D eigenvalue weighted by Gasteiger charge is -2.31. The molecule has 0 spiro atoms. The summed E-state index contributed by atoms with van der Waals surface area (Å²) in [6, 6.07) is 83.4. The third-order valence-electron chi connectivity index (χ3n) is 11.7. The fraction of sp³-hybridized carbons (Fsp3) is 0.0345. The third kappa shape index (κ3) is 6.78. The van der Waals surface area contributed by atoms with E-state index in [0.717, 1.165) is 34.1 Å². The number of benzene rings is 10. The van der Waals surface area contributed by atoms with Crippen molar-refractivity contribution < 1.29 is 0 Å². The van der Waals surface area contributed by atoms with Gasteiger partial charge in [-0.25, -0.2) is 0 Å². The molecule has 0 aliphatic heterocycles. The summed E-state index contributed by atoms with van der Waals surface area (Å²) in [5, 5.41) is 4.85. The Morgan fingerprint density at radius 3 is 1.03 bits per heavy atom. The Balaban J connectivity index is 1.10. The molecule has 0 bridgehead atoms. The second kappa shape index (κ2) is 15.9. The second-order valence-electron chi connectivity index (χ2n) is 15.4. The van der Waals surface area contributed by atoms with Gasteiger partial charge in [-0.1, -0.05) is 182 Å². The van der Waals surface area contributed by atoms with E-state index in [4.69, 9.17) is 0 Å². The van der Waals surface area contributed by atoms with Crippen LogP contribution in [0.4, 0.5) is 34.1 Å². The van der Waals surface area contributed by atoms with Gasteiger partial charge in [0.25, 0.3) is 0 Å². The van der Waals surface area contributed by atoms with Gasteiger partial charge >= 0.3 is 0 Å². The highest BCUT2D eigenvalue weighted by molar-refractivity contribution is 6.03. The zero-order valence-corrected chi connectivity index (χ0v) is 33.8. The Labute approximate surface area is 352 Å². The lowest BCUT2D eigenvalue weighted by atomic mass is 9.96. The minimum absolute atomic E-state index is 1.14. The van der Waals surface area contributed by atoms with Gasteiger partial charge in [-0.3, -0.25) is 0 Å². The molecule has 0 unspecified atom stereocenters. The number of para-hydroxylation sites is 2. The molecule has 0 aliphatic rings. The molecule has 0 saturated heterocycles. The summed E-state index contributed by atoms with van der Waals surface area (Å²) in [6.07, 6.45) is 0. The van der Waals surface area contributed by atoms with E-state index < -0.39 is 0 Å². The molecule has 0 radical (unpaired) electrons. The summed E-state index contributed by atoms with van der Waals surface area (Å²) in [7, 11) is 0. The van der Waals surface area contributed by atoms with E-state index in [9.17, 15) is 0 Å². The summed E-state index contributed by atoms with van der Waals surface area (Å²) in [5.74, 6) is 0. The van der Waals surface area contributed by atoms with Gasteiger partial charge in [0.05, 0.1) is 22.7 Å². The number of hydrogen-bond acceptors (Lipinski definition) is 2. The van der Waals surface area contributed by atoms with Crippen molar-refractivity contribution >= 4 is 55.7 Å². The Kier molecular flexibility index (Phi) is 9.73. The lowest BCUT2D eigenvalue weighted by Crippen LogP contribution is -2.13. The van der Waals surface area contributed by atoms with Crippen LogP contribution in [-0.4, -0.2) is 0 Å². The Morgan fingerprint density at radius 2 is 0.600 bits per heavy atom. The van der Waals surface area contributed by atoms with E-state index >= 15 is 0 Å². The predicted octanol–water partition coefficient (Wildman–Crippen LogP) is 16.6. The summed E-state index contributed by atoms with van der Waals surface area (Å²) in [6.45, 7) is 4.48. The van der Waals surface area contributed by atoms with Gasteiger partial charge in [0, 0.05) is 33.3 Å².